The minimum Gasteiger partial charge on any atom is -0.469 e. The summed E-state index contributed by atoms with van der Waals surface area (Å²) in [6, 6.07) is 0. The van der Waals surface area contributed by atoms with Crippen molar-refractivity contribution in [1.82, 2.24) is 4.90 Å². The Kier molecular flexibility index (Phi) is 4.59. The molecule has 0 N–H and O–H groups in total. The van der Waals surface area contributed by atoms with E-state index < -0.39 is 0 Å². The van der Waals surface area contributed by atoms with Crippen LogP contribution in [0, 0.1) is 5.92 Å². The number of likely N-dealkylation sites (tertiary alicyclic amines) is 1. The number of hydrogen-bond donors (Lipinski definition) is 0. The number of ether oxygens (including phenoxy) is 1. The first-order valence-corrected chi connectivity index (χ1v) is 5.50. The van der Waals surface area contributed by atoms with Gasteiger partial charge in [-0.3, -0.25) is 9.59 Å². The van der Waals surface area contributed by atoms with E-state index in [1.807, 2.05) is 4.90 Å². The van der Waals surface area contributed by atoms with Crippen LogP contribution in [0.2, 0.25) is 0 Å². The van der Waals surface area contributed by atoms with Gasteiger partial charge in [0.2, 0.25) is 5.91 Å². The van der Waals surface area contributed by atoms with Gasteiger partial charge in [0.15, 0.2) is 0 Å². The predicted molar refractivity (Wildman–Crippen MR) is 56.2 cm³/mol. The van der Waals surface area contributed by atoms with E-state index in [-0.39, 0.29) is 24.2 Å². The molecular formula is C11H19NO3. The molecule has 0 saturated carbocycles. The van der Waals surface area contributed by atoms with Crippen LogP contribution in [0.1, 0.15) is 32.6 Å². The molecule has 1 saturated heterocycles. The number of esters is 1. The van der Waals surface area contributed by atoms with Crippen molar-refractivity contribution >= 4 is 11.9 Å². The summed E-state index contributed by atoms with van der Waals surface area (Å²) in [6.45, 7) is 3.46. The van der Waals surface area contributed by atoms with Gasteiger partial charge in [0.1, 0.15) is 0 Å². The van der Waals surface area contributed by atoms with Crippen LogP contribution >= 0.6 is 0 Å². The third-order valence-electron chi connectivity index (χ3n) is 2.79. The largest absolute Gasteiger partial charge is 0.469 e. The molecule has 0 bridgehead atoms. The predicted octanol–water partition coefficient (Wildman–Crippen LogP) is 1.20. The number of piperidine rings is 1. The molecule has 0 aliphatic carbocycles. The van der Waals surface area contributed by atoms with E-state index in [0.29, 0.717) is 0 Å². The zero-order valence-corrected chi connectivity index (χ0v) is 9.49. The fraction of sp³-hybridized carbons (Fsp3) is 0.818. The summed E-state index contributed by atoms with van der Waals surface area (Å²) in [6.07, 6.45) is 3.55. The second-order valence-corrected chi connectivity index (χ2v) is 4.07. The van der Waals surface area contributed by atoms with Gasteiger partial charge in [0.05, 0.1) is 13.5 Å². The number of rotatable bonds is 3. The molecule has 1 amide bonds. The zero-order chi connectivity index (χ0) is 11.3. The third kappa shape index (κ3) is 3.53. The van der Waals surface area contributed by atoms with Crippen LogP contribution in [0.25, 0.3) is 0 Å². The Balaban J connectivity index is 2.40. The highest BCUT2D eigenvalue weighted by Crippen LogP contribution is 2.14. The summed E-state index contributed by atoms with van der Waals surface area (Å²) in [7, 11) is 1.35. The lowest BCUT2D eigenvalue weighted by molar-refractivity contribution is -0.146. The van der Waals surface area contributed by atoms with Gasteiger partial charge in [-0.15, -0.1) is 0 Å². The van der Waals surface area contributed by atoms with Crippen molar-refractivity contribution in [2.75, 3.05) is 20.2 Å². The van der Waals surface area contributed by atoms with E-state index in [1.165, 1.54) is 13.5 Å². The van der Waals surface area contributed by atoms with E-state index in [0.717, 1.165) is 25.9 Å². The SMILES string of the molecule is COC(=O)CC(C)C(=O)N1CCCCC1. The molecule has 1 atom stereocenters. The lowest BCUT2D eigenvalue weighted by Crippen LogP contribution is -2.39. The summed E-state index contributed by atoms with van der Waals surface area (Å²) in [5.41, 5.74) is 0. The van der Waals surface area contributed by atoms with Crippen molar-refractivity contribution in [3.63, 3.8) is 0 Å². The van der Waals surface area contributed by atoms with E-state index in [4.69, 9.17) is 0 Å². The normalized spacial score (nSPS) is 18.4. The molecule has 0 radical (unpaired) electrons. The lowest BCUT2D eigenvalue weighted by atomic mass is 10.0. The minimum absolute atomic E-state index is 0.0834. The average Bonchev–Trinajstić information content (AvgIpc) is 2.29. The van der Waals surface area contributed by atoms with E-state index >= 15 is 0 Å². The summed E-state index contributed by atoms with van der Waals surface area (Å²) in [5, 5.41) is 0. The minimum atomic E-state index is -0.312. The first-order valence-electron chi connectivity index (χ1n) is 5.50. The molecule has 0 aromatic heterocycles. The van der Waals surface area contributed by atoms with E-state index in [2.05, 4.69) is 4.74 Å². The van der Waals surface area contributed by atoms with Crippen LogP contribution in [0.5, 0.6) is 0 Å². The Morgan fingerprint density at radius 2 is 1.87 bits per heavy atom. The van der Waals surface area contributed by atoms with Gasteiger partial charge >= 0.3 is 5.97 Å². The lowest BCUT2D eigenvalue weighted by Gasteiger charge is -2.28. The Morgan fingerprint density at radius 1 is 1.27 bits per heavy atom. The quantitative estimate of drug-likeness (QED) is 0.662. The molecule has 86 valence electrons. The number of nitrogens with zero attached hydrogens (tertiary/aromatic N) is 1. The summed E-state index contributed by atoms with van der Waals surface area (Å²) in [4.78, 5) is 24.7. The number of amides is 1. The number of methoxy groups -OCH3 is 1. The van der Waals surface area contributed by atoms with Crippen LogP contribution in [-0.2, 0) is 14.3 Å². The highest BCUT2D eigenvalue weighted by atomic mass is 16.5. The van der Waals surface area contributed by atoms with Crippen molar-refractivity contribution in [2.45, 2.75) is 32.6 Å². The van der Waals surface area contributed by atoms with Gasteiger partial charge in [0.25, 0.3) is 0 Å². The van der Waals surface area contributed by atoms with Crippen LogP contribution in [0.4, 0.5) is 0 Å². The fourth-order valence-corrected chi connectivity index (χ4v) is 1.85. The fourth-order valence-electron chi connectivity index (χ4n) is 1.85. The average molecular weight is 213 g/mol. The highest BCUT2D eigenvalue weighted by Gasteiger charge is 2.23. The Hall–Kier alpha value is -1.06. The van der Waals surface area contributed by atoms with E-state index in [9.17, 15) is 9.59 Å². The Morgan fingerprint density at radius 3 is 2.40 bits per heavy atom. The maximum absolute atomic E-state index is 11.9. The Bertz CT molecular complexity index is 234. The maximum Gasteiger partial charge on any atom is 0.306 e. The second kappa shape index (κ2) is 5.73. The first-order chi connectivity index (χ1) is 7.15. The maximum atomic E-state index is 11.9. The standard InChI is InChI=1S/C11H19NO3/c1-9(8-10(13)15-2)11(14)12-6-4-3-5-7-12/h9H,3-8H2,1-2H3. The molecule has 1 unspecified atom stereocenters. The molecule has 4 nitrogen and oxygen atoms in total. The van der Waals surface area contributed by atoms with Gasteiger partial charge < -0.3 is 9.64 Å². The smallest absolute Gasteiger partial charge is 0.306 e. The molecule has 1 heterocycles. The van der Waals surface area contributed by atoms with Gasteiger partial charge in [-0.1, -0.05) is 6.92 Å². The molecule has 0 aromatic carbocycles. The summed E-state index contributed by atoms with van der Waals surface area (Å²) < 4.78 is 4.55. The highest BCUT2D eigenvalue weighted by molar-refractivity contribution is 5.83. The number of carbonyl (C=O) groups is 2. The van der Waals surface area contributed by atoms with Crippen molar-refractivity contribution in [3.8, 4) is 0 Å². The van der Waals surface area contributed by atoms with Crippen LogP contribution in [0.15, 0.2) is 0 Å². The molecule has 0 spiro atoms. The zero-order valence-electron chi connectivity index (χ0n) is 9.49. The first kappa shape index (κ1) is 12.0. The third-order valence-corrected chi connectivity index (χ3v) is 2.79. The van der Waals surface area contributed by atoms with Gasteiger partial charge in [0, 0.05) is 19.0 Å². The van der Waals surface area contributed by atoms with Crippen molar-refractivity contribution in [3.05, 3.63) is 0 Å². The number of carbonyl (C=O) groups excluding carboxylic acids is 2. The van der Waals surface area contributed by atoms with E-state index in [1.54, 1.807) is 6.92 Å². The molecule has 1 fully saturated rings. The molecule has 4 heteroatoms. The van der Waals surface area contributed by atoms with Crippen LogP contribution in [0.3, 0.4) is 0 Å². The second-order valence-electron chi connectivity index (χ2n) is 4.07. The van der Waals surface area contributed by atoms with Gasteiger partial charge in [-0.2, -0.15) is 0 Å². The number of hydrogen-bond acceptors (Lipinski definition) is 3. The summed E-state index contributed by atoms with van der Waals surface area (Å²) in [5.74, 6) is -0.483. The topological polar surface area (TPSA) is 46.6 Å². The molecule has 1 aliphatic rings. The molecular weight excluding hydrogens is 194 g/mol. The molecule has 0 aromatic rings. The molecule has 15 heavy (non-hydrogen) atoms. The van der Waals surface area contributed by atoms with Crippen LogP contribution in [-0.4, -0.2) is 37.0 Å². The Labute approximate surface area is 90.6 Å². The molecule has 1 aliphatic heterocycles. The summed E-state index contributed by atoms with van der Waals surface area (Å²) >= 11 is 0. The van der Waals surface area contributed by atoms with Crippen molar-refractivity contribution in [1.29, 1.82) is 0 Å². The van der Waals surface area contributed by atoms with Crippen molar-refractivity contribution < 1.29 is 14.3 Å². The van der Waals surface area contributed by atoms with Gasteiger partial charge in [-0.25, -0.2) is 0 Å². The van der Waals surface area contributed by atoms with Crippen LogP contribution < -0.4 is 0 Å². The van der Waals surface area contributed by atoms with Gasteiger partial charge in [-0.05, 0) is 19.3 Å². The van der Waals surface area contributed by atoms with Crippen molar-refractivity contribution in [2.24, 2.45) is 5.92 Å². The molecule has 1 rings (SSSR count). The monoisotopic (exact) mass is 213 g/mol.